The summed E-state index contributed by atoms with van der Waals surface area (Å²) in [5.41, 5.74) is -1.64. The zero-order chi connectivity index (χ0) is 23.5. The van der Waals surface area contributed by atoms with Crippen molar-refractivity contribution in [3.63, 3.8) is 0 Å². The molecule has 3 aromatic heterocycles. The van der Waals surface area contributed by atoms with Gasteiger partial charge in [0.15, 0.2) is 11.5 Å². The lowest BCUT2D eigenvalue weighted by molar-refractivity contribution is -0.0532. The fraction of sp³-hybridized carbons (Fsp3) is 0.636. The Bertz CT molecular complexity index is 1040. The third-order valence-electron chi connectivity index (χ3n) is 6.21. The van der Waals surface area contributed by atoms with Crippen molar-refractivity contribution >= 4 is 5.95 Å². The maximum Gasteiger partial charge on any atom is 0.266 e. The van der Waals surface area contributed by atoms with Gasteiger partial charge in [0.2, 0.25) is 5.88 Å². The number of halogens is 1. The van der Waals surface area contributed by atoms with E-state index in [0.29, 0.717) is 17.6 Å². The van der Waals surface area contributed by atoms with E-state index in [1.165, 1.54) is 20.2 Å². The second-order valence-electron chi connectivity index (χ2n) is 9.26. The summed E-state index contributed by atoms with van der Waals surface area (Å²) in [7, 11) is 0. The Balaban J connectivity index is 1.04. The summed E-state index contributed by atoms with van der Waals surface area (Å²) in [6.07, 6.45) is 12.3. The summed E-state index contributed by atoms with van der Waals surface area (Å²) in [4.78, 5) is 18.8. The Labute approximate surface area is 196 Å². The molecule has 182 valence electrons. The number of anilines is 1. The molecule has 3 aromatic rings. The first-order valence-corrected chi connectivity index (χ1v) is 11.7. The van der Waals surface area contributed by atoms with Crippen molar-refractivity contribution in [3.8, 4) is 11.7 Å². The molecule has 34 heavy (non-hydrogen) atoms. The number of aromatic nitrogens is 7. The number of rotatable bonds is 7. The highest BCUT2D eigenvalue weighted by molar-refractivity contribution is 5.29. The molecule has 0 amide bonds. The van der Waals surface area contributed by atoms with Gasteiger partial charge in [-0.2, -0.15) is 10.1 Å². The fourth-order valence-corrected chi connectivity index (χ4v) is 4.32. The highest BCUT2D eigenvalue weighted by Crippen LogP contribution is 2.29. The predicted octanol–water partition coefficient (Wildman–Crippen LogP) is 3.02. The Morgan fingerprint density at radius 1 is 1.00 bits per heavy atom. The van der Waals surface area contributed by atoms with Crippen molar-refractivity contribution in [3.05, 3.63) is 30.9 Å². The van der Waals surface area contributed by atoms with E-state index < -0.39 is 5.67 Å². The van der Waals surface area contributed by atoms with Crippen LogP contribution in [0.4, 0.5) is 10.3 Å². The summed E-state index contributed by atoms with van der Waals surface area (Å²) in [5, 5.41) is 7.97. The Morgan fingerprint density at radius 2 is 1.74 bits per heavy atom. The number of alkyl halides is 1. The fourth-order valence-electron chi connectivity index (χ4n) is 4.32. The average Bonchev–Trinajstić information content (AvgIpc) is 3.54. The van der Waals surface area contributed by atoms with Gasteiger partial charge < -0.3 is 18.9 Å². The van der Waals surface area contributed by atoms with Crippen LogP contribution in [-0.2, 0) is 10.4 Å². The molecule has 0 atom stereocenters. The molecule has 0 radical (unpaired) electrons. The van der Waals surface area contributed by atoms with Gasteiger partial charge in [-0.25, -0.2) is 24.0 Å². The number of hydrogen-bond acceptors (Lipinski definition) is 10. The zero-order valence-electron chi connectivity index (χ0n) is 19.4. The van der Waals surface area contributed by atoms with Gasteiger partial charge in [0.1, 0.15) is 18.8 Å². The minimum atomic E-state index is -1.64. The molecule has 4 heterocycles. The largest absolute Gasteiger partial charge is 0.473 e. The van der Waals surface area contributed by atoms with Gasteiger partial charge in [0.25, 0.3) is 11.8 Å². The molecule has 5 rings (SSSR count). The van der Waals surface area contributed by atoms with Crippen LogP contribution in [0.25, 0.3) is 5.82 Å². The van der Waals surface area contributed by atoms with Gasteiger partial charge in [0, 0.05) is 13.1 Å². The Hall–Kier alpha value is -3.15. The molecule has 2 fully saturated rings. The first kappa shape index (κ1) is 22.6. The van der Waals surface area contributed by atoms with E-state index in [2.05, 4.69) is 30.2 Å². The first-order valence-electron chi connectivity index (χ1n) is 11.7. The van der Waals surface area contributed by atoms with Crippen molar-refractivity contribution in [2.45, 2.75) is 76.4 Å². The molecule has 12 heteroatoms. The minimum Gasteiger partial charge on any atom is -0.473 e. The van der Waals surface area contributed by atoms with E-state index in [1.54, 1.807) is 23.4 Å². The monoisotopic (exact) mass is 472 g/mol. The molecule has 1 saturated carbocycles. The van der Waals surface area contributed by atoms with Gasteiger partial charge in [0.05, 0.1) is 24.6 Å². The van der Waals surface area contributed by atoms with Crippen LogP contribution in [0.15, 0.2) is 29.6 Å². The topological polar surface area (TPSA) is 117 Å². The number of piperidine rings is 1. The molecule has 0 bridgehead atoms. The summed E-state index contributed by atoms with van der Waals surface area (Å²) >= 11 is 0. The first-order chi connectivity index (χ1) is 16.4. The van der Waals surface area contributed by atoms with Crippen LogP contribution in [0.5, 0.6) is 5.88 Å². The Kier molecular flexibility index (Phi) is 6.40. The quantitative estimate of drug-likeness (QED) is 0.508. The summed E-state index contributed by atoms with van der Waals surface area (Å²) in [5.74, 6) is 1.58. The van der Waals surface area contributed by atoms with E-state index in [4.69, 9.17) is 14.0 Å². The molecule has 1 saturated heterocycles. The van der Waals surface area contributed by atoms with E-state index in [1.807, 2.05) is 4.90 Å². The third kappa shape index (κ3) is 5.32. The lowest BCUT2D eigenvalue weighted by Crippen LogP contribution is -2.40. The molecule has 0 N–H and O–H groups in total. The number of ether oxygens (including phenoxy) is 2. The SMILES string of the molecule is CC(C)(F)c1nc(N2CCC(O[C@H]3CC[C@H](Oc4cnc(-n5cncn5)cn4)CC3)CC2)no1. The van der Waals surface area contributed by atoms with Crippen LogP contribution in [0, 0.1) is 0 Å². The summed E-state index contributed by atoms with van der Waals surface area (Å²) in [6.45, 7) is 4.35. The van der Waals surface area contributed by atoms with Crippen molar-refractivity contribution in [2.75, 3.05) is 18.0 Å². The van der Waals surface area contributed by atoms with Crippen molar-refractivity contribution in [2.24, 2.45) is 0 Å². The lowest BCUT2D eigenvalue weighted by atomic mass is 9.94. The van der Waals surface area contributed by atoms with Gasteiger partial charge in [-0.1, -0.05) is 0 Å². The van der Waals surface area contributed by atoms with E-state index in [-0.39, 0.29) is 24.2 Å². The van der Waals surface area contributed by atoms with E-state index >= 15 is 0 Å². The van der Waals surface area contributed by atoms with E-state index in [9.17, 15) is 4.39 Å². The van der Waals surface area contributed by atoms with Gasteiger partial charge >= 0.3 is 0 Å². The molecule has 0 unspecified atom stereocenters. The molecule has 0 aromatic carbocycles. The van der Waals surface area contributed by atoms with Crippen LogP contribution in [0.1, 0.15) is 58.3 Å². The maximum absolute atomic E-state index is 14.0. The van der Waals surface area contributed by atoms with Crippen molar-refractivity contribution in [1.82, 2.24) is 34.9 Å². The number of hydrogen-bond donors (Lipinski definition) is 0. The standard InChI is InChI=1S/C22H29FN8O3/c1-22(2,23)20-28-21(29-34-20)30-9-7-17(8-10-30)32-15-3-5-16(6-4-15)33-19-12-25-18(11-26-19)31-14-24-13-27-31/h11-17H,3-10H2,1-2H3/t15-,16-. The third-order valence-corrected chi connectivity index (χ3v) is 6.21. The molecule has 11 nitrogen and oxygen atoms in total. The minimum absolute atomic E-state index is 0.0111. The molecule has 2 aliphatic rings. The highest BCUT2D eigenvalue weighted by Gasteiger charge is 2.31. The lowest BCUT2D eigenvalue weighted by Gasteiger charge is -2.35. The molecular formula is C22H29FN8O3. The second kappa shape index (κ2) is 9.61. The maximum atomic E-state index is 14.0. The highest BCUT2D eigenvalue weighted by atomic mass is 19.1. The van der Waals surface area contributed by atoms with Crippen LogP contribution >= 0.6 is 0 Å². The second-order valence-corrected chi connectivity index (χ2v) is 9.26. The molecular weight excluding hydrogens is 443 g/mol. The van der Waals surface area contributed by atoms with Crippen LogP contribution in [0.2, 0.25) is 0 Å². The normalized spacial score (nSPS) is 22.1. The van der Waals surface area contributed by atoms with Crippen molar-refractivity contribution < 1.29 is 18.4 Å². The van der Waals surface area contributed by atoms with Gasteiger partial charge in [-0.3, -0.25) is 0 Å². The van der Waals surface area contributed by atoms with Crippen LogP contribution < -0.4 is 9.64 Å². The molecule has 1 aliphatic heterocycles. The smallest absolute Gasteiger partial charge is 0.266 e. The van der Waals surface area contributed by atoms with E-state index in [0.717, 1.165) is 51.6 Å². The molecule has 1 aliphatic carbocycles. The van der Waals surface area contributed by atoms with Gasteiger partial charge in [-0.15, -0.1) is 0 Å². The predicted molar refractivity (Wildman–Crippen MR) is 118 cm³/mol. The summed E-state index contributed by atoms with van der Waals surface area (Å²) in [6, 6.07) is 0. The zero-order valence-corrected chi connectivity index (χ0v) is 19.4. The van der Waals surface area contributed by atoms with Crippen LogP contribution in [-0.4, -0.2) is 66.3 Å². The van der Waals surface area contributed by atoms with Crippen LogP contribution in [0.3, 0.4) is 0 Å². The average molecular weight is 473 g/mol. The number of nitrogens with zero attached hydrogens (tertiary/aromatic N) is 8. The van der Waals surface area contributed by atoms with Gasteiger partial charge in [-0.05, 0) is 57.5 Å². The Morgan fingerprint density at radius 3 is 2.35 bits per heavy atom. The summed E-state index contributed by atoms with van der Waals surface area (Å²) < 4.78 is 33.0. The van der Waals surface area contributed by atoms with Crippen molar-refractivity contribution in [1.29, 1.82) is 0 Å². The molecule has 0 spiro atoms.